The molecule has 1 unspecified atom stereocenters. The summed E-state index contributed by atoms with van der Waals surface area (Å²) in [5.74, 6) is 0.747. The number of hydrogen-bond acceptors (Lipinski definition) is 0. The standard InChI is InChI=1S/C13H19.3CH3.Ti/c1-4-11-9(2)12-7-5-6-8-13(12)10(11)3;;;;/h7,10H,4-6,8H2,1-3H3;3*1H3;/q4*-1;+4. The second-order valence-corrected chi connectivity index (χ2v) is 4.26. The summed E-state index contributed by atoms with van der Waals surface area (Å²) < 4.78 is 0. The fourth-order valence-corrected chi connectivity index (χ4v) is 2.93. The zero-order valence-electron chi connectivity index (χ0n) is 12.5. The van der Waals surface area contributed by atoms with Crippen molar-refractivity contribution >= 4 is 0 Å². The van der Waals surface area contributed by atoms with E-state index in [1.54, 1.807) is 22.3 Å². The maximum absolute atomic E-state index is 2.45. The molecule has 2 aliphatic rings. The first-order chi connectivity index (χ1) is 6.25. The minimum Gasteiger partial charge on any atom is -0.358 e. The van der Waals surface area contributed by atoms with E-state index in [4.69, 9.17) is 0 Å². The Balaban J connectivity index is -0.000000490. The Morgan fingerprint density at radius 1 is 1.24 bits per heavy atom. The first-order valence-corrected chi connectivity index (χ1v) is 5.52. The molecule has 2 aliphatic carbocycles. The van der Waals surface area contributed by atoms with E-state index < -0.39 is 0 Å². The van der Waals surface area contributed by atoms with Gasteiger partial charge in [0.2, 0.25) is 0 Å². The summed E-state index contributed by atoms with van der Waals surface area (Å²) in [6.07, 6.45) is 7.68. The molecular weight excluding hydrogens is 240 g/mol. The van der Waals surface area contributed by atoms with Crippen molar-refractivity contribution in [1.29, 1.82) is 0 Å². The molecule has 0 heterocycles. The molecule has 0 aromatic heterocycles. The van der Waals surface area contributed by atoms with Gasteiger partial charge in [0, 0.05) is 0 Å². The van der Waals surface area contributed by atoms with Gasteiger partial charge in [-0.25, -0.2) is 0 Å². The summed E-state index contributed by atoms with van der Waals surface area (Å²) in [6.45, 7) is 6.97. The van der Waals surface area contributed by atoms with Gasteiger partial charge in [0.25, 0.3) is 0 Å². The number of hydrogen-bond donors (Lipinski definition) is 0. The van der Waals surface area contributed by atoms with Crippen molar-refractivity contribution < 1.29 is 21.7 Å². The predicted octanol–water partition coefficient (Wildman–Crippen LogP) is 5.40. The van der Waals surface area contributed by atoms with E-state index in [2.05, 4.69) is 27.2 Å². The van der Waals surface area contributed by atoms with Crippen LogP contribution in [0.3, 0.4) is 0 Å². The van der Waals surface area contributed by atoms with Gasteiger partial charge in [0.15, 0.2) is 0 Å². The molecule has 2 rings (SSSR count). The summed E-state index contributed by atoms with van der Waals surface area (Å²) in [5, 5.41) is 0. The molecule has 0 nitrogen and oxygen atoms in total. The Hall–Kier alpha value is 0.0643. The van der Waals surface area contributed by atoms with Crippen LogP contribution in [0, 0.1) is 34.6 Å². The largest absolute Gasteiger partial charge is 4.00 e. The van der Waals surface area contributed by atoms with Gasteiger partial charge in [-0.05, 0) is 6.42 Å². The van der Waals surface area contributed by atoms with E-state index in [9.17, 15) is 0 Å². The van der Waals surface area contributed by atoms with Crippen LogP contribution in [0.25, 0.3) is 0 Å². The van der Waals surface area contributed by atoms with Crippen LogP contribution < -0.4 is 0 Å². The SMILES string of the molecule is CCC1=C(C)C2=C(CCC[CH-]2)C1C.[CH3-].[CH3-].[CH3-].[Ti+4]. The van der Waals surface area contributed by atoms with Crippen LogP contribution in [-0.4, -0.2) is 0 Å². The molecule has 96 valence electrons. The van der Waals surface area contributed by atoms with Crippen LogP contribution >= 0.6 is 0 Å². The van der Waals surface area contributed by atoms with E-state index in [-0.39, 0.29) is 44.0 Å². The van der Waals surface area contributed by atoms with Gasteiger partial charge >= 0.3 is 21.7 Å². The molecule has 0 saturated heterocycles. The van der Waals surface area contributed by atoms with Gasteiger partial charge in [-0.1, -0.05) is 46.0 Å². The van der Waals surface area contributed by atoms with Gasteiger partial charge in [-0.2, -0.15) is 23.1 Å². The van der Waals surface area contributed by atoms with E-state index in [0.29, 0.717) is 0 Å². The Kier molecular flexibility index (Phi) is 11.9. The zero-order chi connectivity index (χ0) is 9.42. The Morgan fingerprint density at radius 3 is 2.29 bits per heavy atom. The van der Waals surface area contributed by atoms with E-state index in [0.717, 1.165) is 5.92 Å². The number of rotatable bonds is 1. The van der Waals surface area contributed by atoms with Crippen molar-refractivity contribution in [2.24, 2.45) is 5.92 Å². The molecule has 0 N–H and O–H groups in total. The minimum absolute atomic E-state index is 0. The Labute approximate surface area is 125 Å². The summed E-state index contributed by atoms with van der Waals surface area (Å²) in [7, 11) is 0. The van der Waals surface area contributed by atoms with Crippen LogP contribution in [0.2, 0.25) is 0 Å². The summed E-state index contributed by atoms with van der Waals surface area (Å²) >= 11 is 0. The maximum Gasteiger partial charge on any atom is 4.00 e. The van der Waals surface area contributed by atoms with Crippen molar-refractivity contribution in [2.75, 3.05) is 0 Å². The third kappa shape index (κ3) is 3.76. The average Bonchev–Trinajstić information content (AvgIpc) is 2.41. The molecule has 17 heavy (non-hydrogen) atoms. The third-order valence-corrected chi connectivity index (χ3v) is 3.66. The molecule has 0 aromatic rings. The molecule has 0 amide bonds. The fraction of sp³-hybridized carbons (Fsp3) is 0.500. The summed E-state index contributed by atoms with van der Waals surface area (Å²) in [5.41, 5.74) is 6.60. The van der Waals surface area contributed by atoms with Crippen molar-refractivity contribution in [3.05, 3.63) is 51.0 Å². The molecule has 0 bridgehead atoms. The molecule has 0 saturated carbocycles. The zero-order valence-corrected chi connectivity index (χ0v) is 14.0. The molecule has 0 radical (unpaired) electrons. The van der Waals surface area contributed by atoms with E-state index >= 15 is 0 Å². The summed E-state index contributed by atoms with van der Waals surface area (Å²) in [4.78, 5) is 0. The Bertz CT molecular complexity index is 284. The quantitative estimate of drug-likeness (QED) is 0.441. The van der Waals surface area contributed by atoms with Crippen molar-refractivity contribution in [3.63, 3.8) is 0 Å². The molecule has 1 atom stereocenters. The maximum atomic E-state index is 2.45. The van der Waals surface area contributed by atoms with Crippen molar-refractivity contribution in [1.82, 2.24) is 0 Å². The number of allylic oxidation sites excluding steroid dienone is 4. The monoisotopic (exact) mass is 268 g/mol. The molecule has 0 fully saturated rings. The molecule has 0 aromatic carbocycles. The molecule has 0 aliphatic heterocycles. The normalized spacial score (nSPS) is 21.2. The second-order valence-electron chi connectivity index (χ2n) is 4.26. The van der Waals surface area contributed by atoms with Crippen LogP contribution in [0.1, 0.15) is 46.5 Å². The van der Waals surface area contributed by atoms with Crippen molar-refractivity contribution in [2.45, 2.75) is 46.5 Å². The molecule has 1 heteroatoms. The van der Waals surface area contributed by atoms with E-state index in [1.165, 1.54) is 25.7 Å². The van der Waals surface area contributed by atoms with E-state index in [1.807, 2.05) is 0 Å². The topological polar surface area (TPSA) is 0 Å². The fourth-order valence-electron chi connectivity index (χ4n) is 2.93. The van der Waals surface area contributed by atoms with Gasteiger partial charge in [-0.15, -0.1) is 5.57 Å². The first-order valence-electron chi connectivity index (χ1n) is 5.52. The summed E-state index contributed by atoms with van der Waals surface area (Å²) in [6, 6.07) is 0. The average molecular weight is 268 g/mol. The van der Waals surface area contributed by atoms with Crippen LogP contribution in [0.5, 0.6) is 0 Å². The van der Waals surface area contributed by atoms with Gasteiger partial charge in [0.1, 0.15) is 0 Å². The van der Waals surface area contributed by atoms with Crippen LogP contribution in [-0.2, 0) is 21.7 Å². The Morgan fingerprint density at radius 2 is 1.82 bits per heavy atom. The molecular formula is C16H28Ti. The van der Waals surface area contributed by atoms with Gasteiger partial charge < -0.3 is 22.3 Å². The second kappa shape index (κ2) is 9.06. The third-order valence-electron chi connectivity index (χ3n) is 3.66. The predicted molar refractivity (Wildman–Crippen MR) is 76.6 cm³/mol. The smallest absolute Gasteiger partial charge is 0.358 e. The van der Waals surface area contributed by atoms with Gasteiger partial charge in [-0.3, -0.25) is 0 Å². The van der Waals surface area contributed by atoms with Crippen molar-refractivity contribution in [3.8, 4) is 0 Å². The van der Waals surface area contributed by atoms with Crippen LogP contribution in [0.15, 0.2) is 22.3 Å². The van der Waals surface area contributed by atoms with Gasteiger partial charge in [0.05, 0.1) is 0 Å². The van der Waals surface area contributed by atoms with Crippen LogP contribution in [0.4, 0.5) is 0 Å². The first kappa shape index (κ1) is 22.3. The molecule has 0 spiro atoms. The minimum atomic E-state index is 0.